The highest BCUT2D eigenvalue weighted by Crippen LogP contribution is 2.11. The van der Waals surface area contributed by atoms with E-state index >= 15 is 0 Å². The summed E-state index contributed by atoms with van der Waals surface area (Å²) in [4.78, 5) is 14.0. The van der Waals surface area contributed by atoms with Crippen LogP contribution in [0.15, 0.2) is 0 Å². The van der Waals surface area contributed by atoms with E-state index in [2.05, 4.69) is 13.8 Å². The molecule has 96 valence electrons. The molecule has 0 aliphatic rings. The Balaban J connectivity index is 4.54. The average Bonchev–Trinajstić information content (AvgIpc) is 2.22. The minimum absolute atomic E-state index is 0.0146. The van der Waals surface area contributed by atoms with Crippen LogP contribution in [0, 0.1) is 5.92 Å². The summed E-state index contributed by atoms with van der Waals surface area (Å²) in [5.41, 5.74) is 5.21. The molecule has 0 heterocycles. The Morgan fingerprint density at radius 1 is 1.50 bits per heavy atom. The van der Waals surface area contributed by atoms with E-state index in [9.17, 15) is 4.79 Å². The molecule has 0 radical (unpaired) electrons. The fourth-order valence-corrected chi connectivity index (χ4v) is 1.43. The van der Waals surface area contributed by atoms with E-state index in [1.807, 2.05) is 6.92 Å². The molecule has 1 atom stereocenters. The lowest BCUT2D eigenvalue weighted by Gasteiger charge is -2.32. The molecule has 0 rings (SSSR count). The molecular weight excluding hydrogens is 204 g/mol. The molecule has 1 amide bonds. The van der Waals surface area contributed by atoms with Crippen LogP contribution in [0.25, 0.3) is 0 Å². The first-order chi connectivity index (χ1) is 7.35. The van der Waals surface area contributed by atoms with Crippen molar-refractivity contribution >= 4 is 5.91 Å². The Kier molecular flexibility index (Phi) is 6.60. The predicted octanol–water partition coefficient (Wildman–Crippen LogP) is 1.24. The molecule has 0 bridgehead atoms. The van der Waals surface area contributed by atoms with E-state index in [0.717, 1.165) is 6.54 Å². The highest BCUT2D eigenvalue weighted by Gasteiger charge is 2.30. The molecule has 0 aliphatic carbocycles. The van der Waals surface area contributed by atoms with Crippen LogP contribution >= 0.6 is 0 Å². The molecule has 4 nitrogen and oxygen atoms in total. The van der Waals surface area contributed by atoms with Crippen LogP contribution in [0.5, 0.6) is 0 Å². The van der Waals surface area contributed by atoms with Gasteiger partial charge < -0.3 is 15.4 Å². The van der Waals surface area contributed by atoms with E-state index in [4.69, 9.17) is 10.5 Å². The maximum Gasteiger partial charge on any atom is 0.242 e. The highest BCUT2D eigenvalue weighted by molar-refractivity contribution is 5.85. The largest absolute Gasteiger partial charge is 0.383 e. The van der Waals surface area contributed by atoms with E-state index < -0.39 is 5.54 Å². The number of methoxy groups -OCH3 is 1. The monoisotopic (exact) mass is 230 g/mol. The number of amides is 1. The van der Waals surface area contributed by atoms with Crippen LogP contribution in [-0.4, -0.2) is 43.2 Å². The van der Waals surface area contributed by atoms with Crippen LogP contribution in [0.1, 0.15) is 34.1 Å². The first kappa shape index (κ1) is 15.4. The Bertz CT molecular complexity index is 215. The first-order valence-electron chi connectivity index (χ1n) is 5.92. The number of carbonyl (C=O) groups excluding carboxylic acids is 1. The molecule has 4 heteroatoms. The van der Waals surface area contributed by atoms with Gasteiger partial charge >= 0.3 is 0 Å². The van der Waals surface area contributed by atoms with Gasteiger partial charge in [-0.3, -0.25) is 4.79 Å². The number of hydrogen-bond donors (Lipinski definition) is 1. The van der Waals surface area contributed by atoms with Crippen molar-refractivity contribution in [1.29, 1.82) is 0 Å². The van der Waals surface area contributed by atoms with Crippen molar-refractivity contribution in [3.63, 3.8) is 0 Å². The summed E-state index contributed by atoms with van der Waals surface area (Å²) in [7, 11) is 1.64. The molecule has 0 saturated heterocycles. The molecule has 0 aliphatic heterocycles. The van der Waals surface area contributed by atoms with Gasteiger partial charge in [0.25, 0.3) is 0 Å². The summed E-state index contributed by atoms with van der Waals surface area (Å²) in [6.45, 7) is 9.80. The molecule has 0 fully saturated rings. The zero-order chi connectivity index (χ0) is 12.8. The van der Waals surface area contributed by atoms with Crippen LogP contribution in [0.2, 0.25) is 0 Å². The summed E-state index contributed by atoms with van der Waals surface area (Å²) in [6, 6.07) is 0. The number of nitrogens with two attached hydrogens (primary N) is 1. The van der Waals surface area contributed by atoms with E-state index in [0.29, 0.717) is 25.5 Å². The second-order valence-electron chi connectivity index (χ2n) is 4.91. The minimum Gasteiger partial charge on any atom is -0.383 e. The quantitative estimate of drug-likeness (QED) is 0.716. The minimum atomic E-state index is -0.761. The van der Waals surface area contributed by atoms with Gasteiger partial charge in [0.2, 0.25) is 5.91 Å². The van der Waals surface area contributed by atoms with Crippen molar-refractivity contribution in [3.8, 4) is 0 Å². The third-order valence-corrected chi connectivity index (χ3v) is 2.66. The van der Waals surface area contributed by atoms with Crippen molar-refractivity contribution < 1.29 is 9.53 Å². The van der Waals surface area contributed by atoms with Crippen LogP contribution in [0.4, 0.5) is 0 Å². The second-order valence-corrected chi connectivity index (χ2v) is 4.91. The molecule has 1 unspecified atom stereocenters. The molecule has 0 aromatic heterocycles. The van der Waals surface area contributed by atoms with Crippen molar-refractivity contribution in [3.05, 3.63) is 0 Å². The van der Waals surface area contributed by atoms with E-state index in [-0.39, 0.29) is 5.91 Å². The van der Waals surface area contributed by atoms with Crippen molar-refractivity contribution in [2.24, 2.45) is 11.7 Å². The summed E-state index contributed by atoms with van der Waals surface area (Å²) in [5.74, 6) is 0.453. The van der Waals surface area contributed by atoms with Crippen molar-refractivity contribution in [2.45, 2.75) is 39.7 Å². The van der Waals surface area contributed by atoms with Gasteiger partial charge in [0.15, 0.2) is 0 Å². The van der Waals surface area contributed by atoms with Gasteiger partial charge in [-0.25, -0.2) is 0 Å². The Morgan fingerprint density at radius 3 is 2.44 bits per heavy atom. The van der Waals surface area contributed by atoms with Crippen LogP contribution in [-0.2, 0) is 9.53 Å². The SMILES string of the molecule is CCC(C)(N)C(=O)N(CCOC)CC(C)C. The third-order valence-electron chi connectivity index (χ3n) is 2.66. The maximum atomic E-state index is 12.2. The Morgan fingerprint density at radius 2 is 2.06 bits per heavy atom. The van der Waals surface area contributed by atoms with Gasteiger partial charge in [-0.15, -0.1) is 0 Å². The number of carbonyl (C=O) groups is 1. The zero-order valence-electron chi connectivity index (χ0n) is 11.2. The third kappa shape index (κ3) is 4.94. The lowest BCUT2D eigenvalue weighted by atomic mass is 9.98. The lowest BCUT2D eigenvalue weighted by molar-refractivity contribution is -0.137. The maximum absolute atomic E-state index is 12.2. The van der Waals surface area contributed by atoms with Crippen LogP contribution < -0.4 is 5.73 Å². The Labute approximate surface area is 99.1 Å². The van der Waals surface area contributed by atoms with Gasteiger partial charge in [0.05, 0.1) is 12.1 Å². The smallest absolute Gasteiger partial charge is 0.242 e. The standard InChI is InChI=1S/C12H26N2O2/c1-6-12(4,13)11(15)14(7-8-16-5)9-10(2)3/h10H,6-9,13H2,1-5H3. The molecule has 0 aromatic rings. The van der Waals surface area contributed by atoms with Crippen molar-refractivity contribution in [1.82, 2.24) is 4.90 Å². The highest BCUT2D eigenvalue weighted by atomic mass is 16.5. The average molecular weight is 230 g/mol. The molecule has 0 saturated carbocycles. The number of nitrogens with zero attached hydrogens (tertiary/aromatic N) is 1. The molecule has 0 spiro atoms. The fourth-order valence-electron chi connectivity index (χ4n) is 1.43. The number of rotatable bonds is 7. The molecule has 2 N–H and O–H groups in total. The number of hydrogen-bond acceptors (Lipinski definition) is 3. The fraction of sp³-hybridized carbons (Fsp3) is 0.917. The topological polar surface area (TPSA) is 55.6 Å². The van der Waals surface area contributed by atoms with Gasteiger partial charge in [0, 0.05) is 20.2 Å². The summed E-state index contributed by atoms with van der Waals surface area (Å²) < 4.78 is 5.02. The van der Waals surface area contributed by atoms with E-state index in [1.165, 1.54) is 0 Å². The first-order valence-corrected chi connectivity index (χ1v) is 5.92. The molecular formula is C12H26N2O2. The van der Waals surface area contributed by atoms with Gasteiger partial charge in [-0.1, -0.05) is 20.8 Å². The van der Waals surface area contributed by atoms with Gasteiger partial charge in [-0.2, -0.15) is 0 Å². The predicted molar refractivity (Wildman–Crippen MR) is 66.2 cm³/mol. The second kappa shape index (κ2) is 6.86. The zero-order valence-corrected chi connectivity index (χ0v) is 11.2. The van der Waals surface area contributed by atoms with Gasteiger partial charge in [0.1, 0.15) is 0 Å². The molecule has 0 aromatic carbocycles. The lowest BCUT2D eigenvalue weighted by Crippen LogP contribution is -2.54. The van der Waals surface area contributed by atoms with Crippen molar-refractivity contribution in [2.75, 3.05) is 26.8 Å². The van der Waals surface area contributed by atoms with Crippen LogP contribution in [0.3, 0.4) is 0 Å². The van der Waals surface area contributed by atoms with Gasteiger partial charge in [-0.05, 0) is 19.3 Å². The normalized spacial score (nSPS) is 14.9. The Hall–Kier alpha value is -0.610. The molecule has 16 heavy (non-hydrogen) atoms. The summed E-state index contributed by atoms with van der Waals surface area (Å²) in [5, 5.41) is 0. The summed E-state index contributed by atoms with van der Waals surface area (Å²) >= 11 is 0. The number of ether oxygens (including phenoxy) is 1. The van der Waals surface area contributed by atoms with E-state index in [1.54, 1.807) is 18.9 Å². The summed E-state index contributed by atoms with van der Waals surface area (Å²) in [6.07, 6.45) is 0.646.